The molecule has 2 saturated carbocycles. The van der Waals surface area contributed by atoms with Gasteiger partial charge in [-0.1, -0.05) is 6.92 Å². The molecule has 2 aliphatic carbocycles. The lowest BCUT2D eigenvalue weighted by Gasteiger charge is -2.40. The van der Waals surface area contributed by atoms with Crippen molar-refractivity contribution in [1.82, 2.24) is 0 Å². The van der Waals surface area contributed by atoms with Gasteiger partial charge in [0.2, 0.25) is 0 Å². The van der Waals surface area contributed by atoms with E-state index in [-0.39, 0.29) is 11.8 Å². The summed E-state index contributed by atoms with van der Waals surface area (Å²) in [6.45, 7) is 3.39. The minimum Gasteiger partial charge on any atom is -0.394 e. The number of aliphatic hydroxyl groups excluding tert-OH is 4. The van der Waals surface area contributed by atoms with Crippen LogP contribution < -0.4 is 0 Å². The average molecular weight is 316 g/mol. The predicted octanol–water partition coefficient (Wildman–Crippen LogP) is 0.162. The first-order chi connectivity index (χ1) is 10.3. The Hall–Kier alpha value is -0.240. The zero-order valence-electron chi connectivity index (χ0n) is 13.3. The molecule has 0 aromatic rings. The van der Waals surface area contributed by atoms with E-state index >= 15 is 0 Å². The number of hydrogen-bond acceptors (Lipinski definition) is 6. The summed E-state index contributed by atoms with van der Waals surface area (Å²) in [6, 6.07) is 0. The van der Waals surface area contributed by atoms with Crippen molar-refractivity contribution in [2.45, 2.75) is 82.3 Å². The Balaban J connectivity index is 1.79. The van der Waals surface area contributed by atoms with Gasteiger partial charge in [0.05, 0.1) is 24.9 Å². The zero-order chi connectivity index (χ0) is 16.1. The van der Waals surface area contributed by atoms with E-state index in [1.807, 2.05) is 0 Å². The molecule has 1 saturated heterocycles. The standard InChI is InChI=1S/C16H28O6/c1-9(18)13-14(12(20)5-11(19)8-17)22-16(21-13)7-10-3-4-15(16,2)6-10/h9-14,17-20H,3-8H2,1-2H3/t9-,10?,11+,12?,13?,14?,15+,16+/m0/s1. The van der Waals surface area contributed by atoms with Crippen LogP contribution >= 0.6 is 0 Å². The van der Waals surface area contributed by atoms with Crippen molar-refractivity contribution >= 4 is 0 Å². The molecule has 0 aromatic heterocycles. The highest BCUT2D eigenvalue weighted by atomic mass is 16.8. The van der Waals surface area contributed by atoms with Gasteiger partial charge in [-0.3, -0.25) is 0 Å². The lowest BCUT2D eigenvalue weighted by molar-refractivity contribution is -0.247. The summed E-state index contributed by atoms with van der Waals surface area (Å²) in [4.78, 5) is 0. The maximum atomic E-state index is 10.4. The minimum absolute atomic E-state index is 0.00394. The molecule has 6 heteroatoms. The first kappa shape index (κ1) is 16.6. The first-order valence-electron chi connectivity index (χ1n) is 8.31. The van der Waals surface area contributed by atoms with Crippen LogP contribution in [0.3, 0.4) is 0 Å². The van der Waals surface area contributed by atoms with Crippen LogP contribution in [0.2, 0.25) is 0 Å². The van der Waals surface area contributed by atoms with Gasteiger partial charge in [0.25, 0.3) is 0 Å². The van der Waals surface area contributed by atoms with Crippen molar-refractivity contribution in [3.63, 3.8) is 0 Å². The molecule has 128 valence electrons. The predicted molar refractivity (Wildman–Crippen MR) is 77.9 cm³/mol. The van der Waals surface area contributed by atoms with Gasteiger partial charge in [-0.2, -0.15) is 0 Å². The van der Waals surface area contributed by atoms with Crippen molar-refractivity contribution in [2.24, 2.45) is 11.3 Å². The van der Waals surface area contributed by atoms with Gasteiger partial charge in [-0.05, 0) is 32.1 Å². The fourth-order valence-corrected chi connectivity index (χ4v) is 4.65. The Labute approximate surface area is 131 Å². The molecule has 6 nitrogen and oxygen atoms in total. The van der Waals surface area contributed by atoms with Crippen molar-refractivity contribution in [1.29, 1.82) is 0 Å². The summed E-state index contributed by atoms with van der Waals surface area (Å²) in [5.74, 6) is -0.147. The maximum Gasteiger partial charge on any atom is 0.175 e. The summed E-state index contributed by atoms with van der Waals surface area (Å²) in [6.07, 6.45) is 0.0311. The molecular formula is C16H28O6. The fraction of sp³-hybridized carbons (Fsp3) is 1.00. The number of hydrogen-bond donors (Lipinski definition) is 4. The fourth-order valence-electron chi connectivity index (χ4n) is 4.65. The lowest BCUT2D eigenvalue weighted by Crippen LogP contribution is -2.45. The molecular weight excluding hydrogens is 288 g/mol. The first-order valence-corrected chi connectivity index (χ1v) is 8.31. The lowest BCUT2D eigenvalue weighted by atomic mass is 9.80. The van der Waals surface area contributed by atoms with E-state index in [4.69, 9.17) is 14.6 Å². The van der Waals surface area contributed by atoms with E-state index in [9.17, 15) is 15.3 Å². The number of ether oxygens (including phenoxy) is 2. The number of aliphatic hydroxyl groups is 4. The van der Waals surface area contributed by atoms with Crippen LogP contribution in [-0.2, 0) is 9.47 Å². The van der Waals surface area contributed by atoms with Crippen LogP contribution in [0.5, 0.6) is 0 Å². The van der Waals surface area contributed by atoms with Gasteiger partial charge in [0.1, 0.15) is 12.2 Å². The second-order valence-electron chi connectivity index (χ2n) is 7.67. The number of rotatable bonds is 5. The zero-order valence-corrected chi connectivity index (χ0v) is 13.3. The Morgan fingerprint density at radius 1 is 1.14 bits per heavy atom. The Morgan fingerprint density at radius 3 is 2.32 bits per heavy atom. The molecule has 3 aliphatic rings. The molecule has 0 amide bonds. The van der Waals surface area contributed by atoms with Crippen molar-refractivity contribution in [3.05, 3.63) is 0 Å². The molecule has 2 bridgehead atoms. The highest BCUT2D eigenvalue weighted by Crippen LogP contribution is 2.64. The van der Waals surface area contributed by atoms with Crippen molar-refractivity contribution in [3.8, 4) is 0 Å². The van der Waals surface area contributed by atoms with Crippen molar-refractivity contribution < 1.29 is 29.9 Å². The SMILES string of the molecule is C[C@H](O)C1O[C@]2(CC3CC[C@]2(C)C3)OC1C(O)C[C@@H](O)CO. The molecule has 8 atom stereocenters. The second-order valence-corrected chi connectivity index (χ2v) is 7.67. The summed E-state index contributed by atoms with van der Waals surface area (Å²) >= 11 is 0. The largest absolute Gasteiger partial charge is 0.394 e. The van der Waals surface area contributed by atoms with Gasteiger partial charge < -0.3 is 29.9 Å². The number of fused-ring (bicyclic) bond motifs is 3. The second kappa shape index (κ2) is 5.69. The molecule has 0 aromatic carbocycles. The Bertz CT molecular complexity index is 415. The van der Waals surface area contributed by atoms with Crippen LogP contribution in [0.1, 0.15) is 46.0 Å². The van der Waals surface area contributed by atoms with Gasteiger partial charge in [-0.25, -0.2) is 0 Å². The van der Waals surface area contributed by atoms with Gasteiger partial charge >= 0.3 is 0 Å². The topological polar surface area (TPSA) is 99.4 Å². The Kier molecular flexibility index (Phi) is 4.29. The quantitative estimate of drug-likeness (QED) is 0.577. The summed E-state index contributed by atoms with van der Waals surface area (Å²) < 4.78 is 12.4. The highest BCUT2D eigenvalue weighted by molar-refractivity contribution is 5.09. The van der Waals surface area contributed by atoms with Crippen LogP contribution in [0.15, 0.2) is 0 Å². The summed E-state index contributed by atoms with van der Waals surface area (Å²) in [5.41, 5.74) is -0.0745. The van der Waals surface area contributed by atoms with E-state index in [1.165, 1.54) is 6.42 Å². The van der Waals surface area contributed by atoms with E-state index in [0.717, 1.165) is 19.3 Å². The summed E-state index contributed by atoms with van der Waals surface area (Å²) in [5, 5.41) is 38.9. The smallest absolute Gasteiger partial charge is 0.175 e. The van der Waals surface area contributed by atoms with Gasteiger partial charge in [-0.15, -0.1) is 0 Å². The minimum atomic E-state index is -1.000. The molecule has 4 N–H and O–H groups in total. The normalized spacial score (nSPS) is 48.0. The van der Waals surface area contributed by atoms with Crippen LogP contribution in [-0.4, -0.2) is 63.3 Å². The van der Waals surface area contributed by atoms with E-state index in [1.54, 1.807) is 6.92 Å². The summed E-state index contributed by atoms with van der Waals surface area (Å²) in [7, 11) is 0. The van der Waals surface area contributed by atoms with E-state index in [2.05, 4.69) is 6.92 Å². The Morgan fingerprint density at radius 2 is 1.82 bits per heavy atom. The van der Waals surface area contributed by atoms with Crippen molar-refractivity contribution in [2.75, 3.05) is 6.61 Å². The highest BCUT2D eigenvalue weighted by Gasteiger charge is 2.67. The maximum absolute atomic E-state index is 10.4. The molecule has 0 radical (unpaired) electrons. The third kappa shape index (κ3) is 2.50. The average Bonchev–Trinajstić information content (AvgIpc) is 3.09. The third-order valence-corrected chi connectivity index (χ3v) is 5.88. The molecule has 1 aliphatic heterocycles. The molecule has 1 heterocycles. The van der Waals surface area contributed by atoms with Crippen LogP contribution in [0.25, 0.3) is 0 Å². The monoisotopic (exact) mass is 316 g/mol. The van der Waals surface area contributed by atoms with E-state index in [0.29, 0.717) is 5.92 Å². The molecule has 22 heavy (non-hydrogen) atoms. The molecule has 3 rings (SSSR count). The van der Waals surface area contributed by atoms with Gasteiger partial charge in [0, 0.05) is 18.3 Å². The van der Waals surface area contributed by atoms with Crippen LogP contribution in [0, 0.1) is 11.3 Å². The van der Waals surface area contributed by atoms with E-state index < -0.39 is 42.9 Å². The molecule has 4 unspecified atom stereocenters. The van der Waals surface area contributed by atoms with Gasteiger partial charge in [0.15, 0.2) is 5.79 Å². The van der Waals surface area contributed by atoms with Crippen LogP contribution in [0.4, 0.5) is 0 Å². The molecule has 3 fully saturated rings. The third-order valence-electron chi connectivity index (χ3n) is 5.88. The molecule has 1 spiro atoms.